The van der Waals surface area contributed by atoms with Gasteiger partial charge in [-0.25, -0.2) is 0 Å². The molecule has 0 saturated carbocycles. The summed E-state index contributed by atoms with van der Waals surface area (Å²) in [4.78, 5) is 25.7. The van der Waals surface area contributed by atoms with E-state index in [2.05, 4.69) is 0 Å². The number of halogens is 1. The minimum absolute atomic E-state index is 0.198. The molecular formula is C15H12ClNO4. The molecule has 5 nitrogen and oxygen atoms in total. The Bertz CT molecular complexity index is 671. The third-order valence-corrected chi connectivity index (χ3v) is 4.78. The van der Waals surface area contributed by atoms with Crippen molar-refractivity contribution in [3.05, 3.63) is 41.4 Å². The quantitative estimate of drug-likeness (QED) is 0.845. The summed E-state index contributed by atoms with van der Waals surface area (Å²) in [5.41, 5.74) is -0.0949. The number of hydrogen-bond acceptors (Lipinski definition) is 3. The summed E-state index contributed by atoms with van der Waals surface area (Å²) >= 11 is 5.86. The zero-order valence-corrected chi connectivity index (χ0v) is 11.7. The fourth-order valence-electron chi connectivity index (χ4n) is 3.62. The van der Waals surface area contributed by atoms with Crippen LogP contribution in [0.25, 0.3) is 0 Å². The molecule has 3 heterocycles. The smallest absolute Gasteiger partial charge is 0.310 e. The van der Waals surface area contributed by atoms with Crippen LogP contribution in [-0.2, 0) is 14.3 Å². The van der Waals surface area contributed by atoms with E-state index in [0.717, 1.165) is 0 Å². The molecule has 4 rings (SSSR count). The van der Waals surface area contributed by atoms with E-state index in [9.17, 15) is 14.7 Å². The molecule has 0 aliphatic carbocycles. The standard InChI is InChI=1S/C15H12ClNO4/c16-8-1-3-9(4-2-8)17-7-15-6-5-10(21-15)11(14(19)20)12(15)13(17)18/h1-6,10-12H,7H2,(H,19,20)/t10-,11-,12+,15-/m0/s1. The molecule has 0 radical (unpaired) electrons. The zero-order valence-electron chi connectivity index (χ0n) is 10.9. The molecule has 1 aromatic carbocycles. The van der Waals surface area contributed by atoms with E-state index in [1.807, 2.05) is 6.08 Å². The number of nitrogens with zero attached hydrogens (tertiary/aromatic N) is 1. The normalized spacial score (nSPS) is 36.3. The second-order valence-electron chi connectivity index (χ2n) is 5.64. The molecule has 4 atom stereocenters. The summed E-state index contributed by atoms with van der Waals surface area (Å²) in [5.74, 6) is -2.64. The number of benzene rings is 1. The highest BCUT2D eigenvalue weighted by Gasteiger charge is 2.67. The number of carbonyl (C=O) groups excluding carboxylic acids is 1. The van der Waals surface area contributed by atoms with Gasteiger partial charge in [0.05, 0.1) is 18.6 Å². The summed E-state index contributed by atoms with van der Waals surface area (Å²) in [6.45, 7) is 0.342. The van der Waals surface area contributed by atoms with Crippen LogP contribution >= 0.6 is 11.6 Å². The average molecular weight is 306 g/mol. The van der Waals surface area contributed by atoms with Crippen LogP contribution in [0, 0.1) is 11.8 Å². The maximum Gasteiger partial charge on any atom is 0.310 e. The maximum absolute atomic E-state index is 12.7. The van der Waals surface area contributed by atoms with Gasteiger partial charge in [0, 0.05) is 10.7 Å². The fraction of sp³-hybridized carbons (Fsp3) is 0.333. The van der Waals surface area contributed by atoms with Gasteiger partial charge in [0.1, 0.15) is 11.5 Å². The van der Waals surface area contributed by atoms with Crippen LogP contribution in [0.15, 0.2) is 36.4 Å². The van der Waals surface area contributed by atoms with Crippen molar-refractivity contribution in [2.24, 2.45) is 11.8 Å². The van der Waals surface area contributed by atoms with Crippen LogP contribution in [0.1, 0.15) is 0 Å². The number of ether oxygens (including phenoxy) is 1. The van der Waals surface area contributed by atoms with E-state index in [0.29, 0.717) is 17.3 Å². The fourth-order valence-corrected chi connectivity index (χ4v) is 3.75. The molecule has 1 N–H and O–H groups in total. The Hall–Kier alpha value is -1.85. The molecule has 108 valence electrons. The van der Waals surface area contributed by atoms with Crippen molar-refractivity contribution < 1.29 is 19.4 Å². The van der Waals surface area contributed by atoms with Crippen LogP contribution in [0.3, 0.4) is 0 Å². The highest BCUT2D eigenvalue weighted by Crippen LogP contribution is 2.52. The van der Waals surface area contributed by atoms with Gasteiger partial charge < -0.3 is 14.7 Å². The maximum atomic E-state index is 12.7. The van der Waals surface area contributed by atoms with Gasteiger partial charge in [0.15, 0.2) is 0 Å². The minimum Gasteiger partial charge on any atom is -0.481 e. The number of amides is 1. The van der Waals surface area contributed by atoms with E-state index >= 15 is 0 Å². The second-order valence-corrected chi connectivity index (χ2v) is 6.08. The Labute approximate surface area is 125 Å². The van der Waals surface area contributed by atoms with Gasteiger partial charge in [-0.05, 0) is 24.3 Å². The lowest BCUT2D eigenvalue weighted by Crippen LogP contribution is -2.39. The number of anilines is 1. The van der Waals surface area contributed by atoms with Gasteiger partial charge in [0.25, 0.3) is 0 Å². The number of carbonyl (C=O) groups is 2. The van der Waals surface area contributed by atoms with Crippen molar-refractivity contribution in [2.75, 3.05) is 11.4 Å². The number of carboxylic acids is 1. The minimum atomic E-state index is -0.984. The molecule has 6 heteroatoms. The monoisotopic (exact) mass is 305 g/mol. The lowest BCUT2D eigenvalue weighted by atomic mass is 9.77. The molecule has 1 aromatic rings. The van der Waals surface area contributed by atoms with E-state index < -0.39 is 29.5 Å². The molecule has 0 unspecified atom stereocenters. The second kappa shape index (κ2) is 4.08. The molecule has 1 spiro atoms. The van der Waals surface area contributed by atoms with Crippen LogP contribution in [0.5, 0.6) is 0 Å². The van der Waals surface area contributed by atoms with Crippen molar-refractivity contribution in [1.29, 1.82) is 0 Å². The molecule has 0 aromatic heterocycles. The number of hydrogen-bond donors (Lipinski definition) is 1. The van der Waals surface area contributed by atoms with Gasteiger partial charge in [0.2, 0.25) is 5.91 Å². The molecule has 3 aliphatic rings. The Morgan fingerprint density at radius 1 is 1.38 bits per heavy atom. The number of fused-ring (bicyclic) bond motifs is 1. The van der Waals surface area contributed by atoms with Gasteiger partial charge in [-0.15, -0.1) is 0 Å². The van der Waals surface area contributed by atoms with Gasteiger partial charge in [-0.2, -0.15) is 0 Å². The van der Waals surface area contributed by atoms with Crippen LogP contribution < -0.4 is 4.90 Å². The largest absolute Gasteiger partial charge is 0.481 e. The predicted octanol–water partition coefficient (Wildman–Crippen LogP) is 1.71. The SMILES string of the molecule is O=C(O)[C@H]1[C@@H]2C=C[C@@]3(CN(c4ccc(Cl)cc4)C(=O)[C@@H]13)O2. The summed E-state index contributed by atoms with van der Waals surface area (Å²) in [5, 5.41) is 9.98. The van der Waals surface area contributed by atoms with Gasteiger partial charge in [-0.3, -0.25) is 9.59 Å². The van der Waals surface area contributed by atoms with Crippen molar-refractivity contribution in [2.45, 2.75) is 11.7 Å². The molecule has 1 amide bonds. The van der Waals surface area contributed by atoms with Crippen molar-refractivity contribution in [3.8, 4) is 0 Å². The molecule has 2 bridgehead atoms. The first kappa shape index (κ1) is 12.9. The Morgan fingerprint density at radius 2 is 2.10 bits per heavy atom. The van der Waals surface area contributed by atoms with E-state index in [4.69, 9.17) is 16.3 Å². The first-order valence-electron chi connectivity index (χ1n) is 6.69. The van der Waals surface area contributed by atoms with Gasteiger partial charge >= 0.3 is 5.97 Å². The summed E-state index contributed by atoms with van der Waals surface area (Å²) in [6, 6.07) is 6.92. The molecule has 21 heavy (non-hydrogen) atoms. The van der Waals surface area contributed by atoms with Crippen molar-refractivity contribution in [1.82, 2.24) is 0 Å². The van der Waals surface area contributed by atoms with E-state index in [1.165, 1.54) is 0 Å². The topological polar surface area (TPSA) is 66.8 Å². The summed E-state index contributed by atoms with van der Waals surface area (Å²) in [7, 11) is 0. The van der Waals surface area contributed by atoms with Crippen LogP contribution in [-0.4, -0.2) is 35.2 Å². The van der Waals surface area contributed by atoms with Gasteiger partial charge in [-0.1, -0.05) is 23.8 Å². The number of aliphatic carboxylic acids is 1. The molecular weight excluding hydrogens is 294 g/mol. The highest BCUT2D eigenvalue weighted by atomic mass is 35.5. The Kier molecular flexibility index (Phi) is 2.50. The first-order valence-corrected chi connectivity index (χ1v) is 7.07. The molecule has 2 saturated heterocycles. The summed E-state index contributed by atoms with van der Waals surface area (Å²) in [6.07, 6.45) is 3.10. The third kappa shape index (κ3) is 1.61. The Balaban J connectivity index is 1.73. The average Bonchev–Trinajstić information content (AvgIpc) is 3.08. The Morgan fingerprint density at radius 3 is 2.76 bits per heavy atom. The zero-order chi connectivity index (χ0) is 14.8. The van der Waals surface area contributed by atoms with Crippen molar-refractivity contribution >= 4 is 29.2 Å². The number of carboxylic acid groups (broad SMARTS) is 1. The van der Waals surface area contributed by atoms with Crippen LogP contribution in [0.2, 0.25) is 5.02 Å². The lowest BCUT2D eigenvalue weighted by Gasteiger charge is -2.21. The number of rotatable bonds is 2. The molecule has 3 aliphatic heterocycles. The van der Waals surface area contributed by atoms with E-state index in [1.54, 1.807) is 35.2 Å². The highest BCUT2D eigenvalue weighted by molar-refractivity contribution is 6.30. The van der Waals surface area contributed by atoms with Crippen molar-refractivity contribution in [3.63, 3.8) is 0 Å². The summed E-state index contributed by atoms with van der Waals surface area (Å²) < 4.78 is 5.82. The first-order chi connectivity index (χ1) is 10.0. The third-order valence-electron chi connectivity index (χ3n) is 4.52. The predicted molar refractivity (Wildman–Crippen MR) is 75.2 cm³/mol. The molecule has 2 fully saturated rings. The van der Waals surface area contributed by atoms with Crippen LogP contribution in [0.4, 0.5) is 5.69 Å². The van der Waals surface area contributed by atoms with E-state index in [-0.39, 0.29) is 5.91 Å². The lowest BCUT2D eigenvalue weighted by molar-refractivity contribution is -0.146.